The minimum atomic E-state index is -3.60. The molecule has 3 rings (SSSR count). The third-order valence-corrected chi connectivity index (χ3v) is 6.91. The summed E-state index contributed by atoms with van der Waals surface area (Å²) in [5, 5.41) is 1.00. The molecular formula is C19H21N3O3S2. The van der Waals surface area contributed by atoms with Crippen LogP contribution in [0.5, 0.6) is 0 Å². The zero-order chi connectivity index (χ0) is 19.8. The molecule has 8 heteroatoms. The first-order chi connectivity index (χ1) is 12.7. The molecule has 1 atom stereocenters. The number of anilines is 1. The molecule has 0 aliphatic heterocycles. The van der Waals surface area contributed by atoms with Crippen LogP contribution < -0.4 is 5.73 Å². The number of imidazole rings is 1. The number of aromatic amines is 1. The van der Waals surface area contributed by atoms with Gasteiger partial charge in [0.2, 0.25) is 0 Å². The number of nitrogens with two attached hydrogens (primary N) is 1. The van der Waals surface area contributed by atoms with Crippen LogP contribution in [0.25, 0.3) is 16.6 Å². The minimum absolute atomic E-state index is 0.113. The zero-order valence-corrected chi connectivity index (χ0v) is 16.9. The van der Waals surface area contributed by atoms with Gasteiger partial charge in [-0.1, -0.05) is 30.3 Å². The van der Waals surface area contributed by atoms with Gasteiger partial charge in [-0.2, -0.15) is 0 Å². The first-order valence-corrected chi connectivity index (χ1v) is 11.5. The van der Waals surface area contributed by atoms with E-state index in [9.17, 15) is 13.0 Å². The number of hydrogen-bond acceptors (Lipinski definition) is 5. The third kappa shape index (κ3) is 3.87. The molecule has 3 N–H and O–H groups in total. The van der Waals surface area contributed by atoms with Gasteiger partial charge in [0.15, 0.2) is 15.8 Å². The maximum Gasteiger partial charge on any atom is 0.198 e. The van der Waals surface area contributed by atoms with E-state index >= 15 is 0 Å². The van der Waals surface area contributed by atoms with Crippen LogP contribution >= 0.6 is 0 Å². The molecule has 0 aliphatic carbocycles. The highest BCUT2D eigenvalue weighted by Gasteiger charge is 2.25. The van der Waals surface area contributed by atoms with Gasteiger partial charge < -0.3 is 15.3 Å². The van der Waals surface area contributed by atoms with Crippen LogP contribution in [0.15, 0.2) is 52.8 Å². The van der Waals surface area contributed by atoms with E-state index in [0.717, 1.165) is 5.56 Å². The average molecular weight is 404 g/mol. The zero-order valence-electron chi connectivity index (χ0n) is 15.3. The van der Waals surface area contributed by atoms with E-state index in [4.69, 9.17) is 5.73 Å². The van der Waals surface area contributed by atoms with Crippen molar-refractivity contribution in [3.8, 4) is 0 Å². The maximum absolute atomic E-state index is 12.9. The molecule has 142 valence electrons. The maximum atomic E-state index is 12.9. The Bertz CT molecular complexity index is 1100. The molecule has 0 saturated carbocycles. The van der Waals surface area contributed by atoms with Gasteiger partial charge in [0.1, 0.15) is 10.9 Å². The number of nitrogen functional groups attached to an aromatic ring is 1. The van der Waals surface area contributed by atoms with E-state index in [1.54, 1.807) is 37.6 Å². The average Bonchev–Trinajstić information content (AvgIpc) is 2.99. The van der Waals surface area contributed by atoms with Crippen molar-refractivity contribution in [1.29, 1.82) is 0 Å². The molecule has 2 aromatic carbocycles. The van der Waals surface area contributed by atoms with Crippen molar-refractivity contribution in [2.75, 3.05) is 12.0 Å². The second-order valence-electron chi connectivity index (χ2n) is 6.48. The highest BCUT2D eigenvalue weighted by atomic mass is 32.2. The molecule has 1 aromatic heterocycles. The van der Waals surface area contributed by atoms with Crippen LogP contribution in [-0.4, -0.2) is 34.4 Å². The Morgan fingerprint density at radius 1 is 1.22 bits per heavy atom. The van der Waals surface area contributed by atoms with Gasteiger partial charge in [0.05, 0.1) is 21.9 Å². The summed E-state index contributed by atoms with van der Waals surface area (Å²) in [5.74, 6) is 0.145. The number of rotatable bonds is 5. The second kappa shape index (κ2) is 7.38. The van der Waals surface area contributed by atoms with Crippen molar-refractivity contribution < 1.29 is 13.0 Å². The summed E-state index contributed by atoms with van der Waals surface area (Å²) in [7, 11) is -3.60. The van der Waals surface area contributed by atoms with Gasteiger partial charge in [-0.15, -0.1) is 0 Å². The lowest BCUT2D eigenvalue weighted by Gasteiger charge is -2.13. The number of fused-ring (bicyclic) bond motifs is 1. The smallest absolute Gasteiger partial charge is 0.198 e. The van der Waals surface area contributed by atoms with E-state index < -0.39 is 26.3 Å². The lowest BCUT2D eigenvalue weighted by atomic mass is 9.99. The number of hydrogen-bond donors (Lipinski definition) is 2. The summed E-state index contributed by atoms with van der Waals surface area (Å²) in [5.41, 5.74) is 8.77. The molecule has 0 saturated heterocycles. The molecule has 27 heavy (non-hydrogen) atoms. The van der Waals surface area contributed by atoms with E-state index in [1.165, 1.54) is 0 Å². The van der Waals surface area contributed by atoms with E-state index in [-0.39, 0.29) is 10.8 Å². The summed E-state index contributed by atoms with van der Waals surface area (Å²) in [4.78, 5) is 7.18. The molecule has 0 radical (unpaired) electrons. The van der Waals surface area contributed by atoms with E-state index in [0.29, 0.717) is 22.2 Å². The van der Waals surface area contributed by atoms with Crippen LogP contribution in [0.4, 0.5) is 5.95 Å². The van der Waals surface area contributed by atoms with Crippen LogP contribution in [0.2, 0.25) is 0 Å². The SMILES string of the molecule is CC(C)S(=O)(=O)c1cc(C(=C[S+](C)[O-])c2ccccc2)cc2[nH]c(N)nc12. The predicted molar refractivity (Wildman–Crippen MR) is 110 cm³/mol. The Labute approximate surface area is 161 Å². The predicted octanol–water partition coefficient (Wildman–Crippen LogP) is 3.09. The second-order valence-corrected chi connectivity index (χ2v) is 10.2. The third-order valence-electron chi connectivity index (χ3n) is 4.18. The molecule has 0 spiro atoms. The first-order valence-electron chi connectivity index (χ1n) is 8.33. The molecule has 0 bridgehead atoms. The Kier molecular flexibility index (Phi) is 5.32. The number of aromatic nitrogens is 2. The van der Waals surface area contributed by atoms with Crippen LogP contribution in [0.3, 0.4) is 0 Å². The summed E-state index contributed by atoms with van der Waals surface area (Å²) < 4.78 is 37.8. The van der Waals surface area contributed by atoms with Gasteiger partial charge >= 0.3 is 0 Å². The molecule has 0 fully saturated rings. The molecule has 6 nitrogen and oxygen atoms in total. The monoisotopic (exact) mass is 403 g/mol. The fourth-order valence-corrected chi connectivity index (χ4v) is 4.65. The van der Waals surface area contributed by atoms with Gasteiger partial charge in [-0.3, -0.25) is 0 Å². The fraction of sp³-hybridized carbons (Fsp3) is 0.211. The Morgan fingerprint density at radius 3 is 2.48 bits per heavy atom. The standard InChI is InChI=1S/C19H21N3O3S2/c1-12(2)27(24,25)17-10-14(9-16-18(17)22-19(20)21-16)15(11-26(3)23)13-7-5-4-6-8-13/h4-12H,1-3H3,(H3,20,21,22). The normalized spacial score (nSPS) is 14.0. The van der Waals surface area contributed by atoms with Gasteiger partial charge in [-0.25, -0.2) is 13.4 Å². The van der Waals surface area contributed by atoms with Gasteiger partial charge in [0, 0.05) is 5.57 Å². The summed E-state index contributed by atoms with van der Waals surface area (Å²) >= 11 is -1.22. The van der Waals surface area contributed by atoms with Crippen LogP contribution in [0, 0.1) is 0 Å². The quantitative estimate of drug-likeness (QED) is 0.636. The minimum Gasteiger partial charge on any atom is -0.612 e. The number of sulfone groups is 1. The van der Waals surface area contributed by atoms with E-state index in [1.807, 2.05) is 30.3 Å². The first kappa shape index (κ1) is 19.5. The van der Waals surface area contributed by atoms with Gasteiger partial charge in [0.25, 0.3) is 0 Å². The molecule has 0 aliphatic rings. The van der Waals surface area contributed by atoms with Gasteiger partial charge in [-0.05, 0) is 48.3 Å². The Balaban J connectivity index is 2.34. The number of nitrogens with one attached hydrogen (secondary N) is 1. The lowest BCUT2D eigenvalue weighted by molar-refractivity contribution is 0.588. The summed E-state index contributed by atoms with van der Waals surface area (Å²) in [6.45, 7) is 3.25. The number of H-pyrrole nitrogens is 1. The largest absolute Gasteiger partial charge is 0.612 e. The van der Waals surface area contributed by atoms with Crippen molar-refractivity contribution in [3.05, 3.63) is 59.0 Å². The molecule has 0 amide bonds. The van der Waals surface area contributed by atoms with E-state index in [2.05, 4.69) is 9.97 Å². The van der Waals surface area contributed by atoms with Crippen molar-refractivity contribution in [3.63, 3.8) is 0 Å². The highest BCUT2D eigenvalue weighted by molar-refractivity contribution is 7.93. The van der Waals surface area contributed by atoms with Crippen LogP contribution in [-0.2, 0) is 21.0 Å². The molecule has 1 heterocycles. The van der Waals surface area contributed by atoms with Crippen molar-refractivity contribution in [2.45, 2.75) is 24.0 Å². The van der Waals surface area contributed by atoms with Crippen molar-refractivity contribution >= 4 is 43.6 Å². The lowest BCUT2D eigenvalue weighted by Crippen LogP contribution is -2.15. The number of benzene rings is 2. The molecule has 3 aromatic rings. The van der Waals surface area contributed by atoms with Crippen LogP contribution in [0.1, 0.15) is 25.0 Å². The Morgan fingerprint density at radius 2 is 1.89 bits per heavy atom. The summed E-state index contributed by atoms with van der Waals surface area (Å²) in [6.07, 6.45) is 1.57. The Hall–Kier alpha value is -2.29. The number of nitrogens with zero attached hydrogens (tertiary/aromatic N) is 1. The highest BCUT2D eigenvalue weighted by Crippen LogP contribution is 2.32. The van der Waals surface area contributed by atoms with Crippen molar-refractivity contribution in [1.82, 2.24) is 9.97 Å². The van der Waals surface area contributed by atoms with Crippen molar-refractivity contribution in [2.24, 2.45) is 0 Å². The summed E-state index contributed by atoms with van der Waals surface area (Å²) in [6, 6.07) is 12.8. The molecular weight excluding hydrogens is 382 g/mol. The fourth-order valence-electron chi connectivity index (χ4n) is 2.82. The molecule has 1 unspecified atom stereocenters. The topological polar surface area (TPSA) is 112 Å².